The molecule has 0 aliphatic carbocycles. The number of nitrogens with zero attached hydrogens (tertiary/aromatic N) is 1. The van der Waals surface area contributed by atoms with Gasteiger partial charge in [0.05, 0.1) is 19.3 Å². The summed E-state index contributed by atoms with van der Waals surface area (Å²) in [6.45, 7) is 8.22. The number of rotatable bonds is 4. The second-order valence-electron chi connectivity index (χ2n) is 5.43. The van der Waals surface area contributed by atoms with Gasteiger partial charge >= 0.3 is 0 Å². The summed E-state index contributed by atoms with van der Waals surface area (Å²) in [7, 11) is 0. The van der Waals surface area contributed by atoms with Crippen LogP contribution in [0.15, 0.2) is 18.2 Å². The predicted molar refractivity (Wildman–Crippen MR) is 72.6 cm³/mol. The first-order valence-corrected chi connectivity index (χ1v) is 6.40. The van der Waals surface area contributed by atoms with Crippen molar-refractivity contribution in [1.29, 1.82) is 5.26 Å². The van der Waals surface area contributed by atoms with Gasteiger partial charge in [-0.15, -0.1) is 0 Å². The minimum absolute atomic E-state index is 0.337. The van der Waals surface area contributed by atoms with E-state index in [-0.39, 0.29) is 5.41 Å². The summed E-state index contributed by atoms with van der Waals surface area (Å²) in [5.74, 6) is 0.475. The highest BCUT2D eigenvalue weighted by Crippen LogP contribution is 2.31. The number of nitriles is 1. The highest BCUT2D eigenvalue weighted by atomic mass is 16.5. The van der Waals surface area contributed by atoms with E-state index >= 15 is 0 Å². The molecule has 1 heterocycles. The molecule has 1 aliphatic heterocycles. The lowest BCUT2D eigenvalue weighted by atomic mass is 9.87. The molecular formula is C15H20N2O. The van der Waals surface area contributed by atoms with Crippen LogP contribution in [-0.4, -0.2) is 19.8 Å². The van der Waals surface area contributed by atoms with Gasteiger partial charge in [-0.1, -0.05) is 32.0 Å². The highest BCUT2D eigenvalue weighted by molar-refractivity contribution is 5.58. The van der Waals surface area contributed by atoms with E-state index in [1.807, 2.05) is 0 Å². The number of nitrogens with one attached hydrogen (secondary N) is 1. The third-order valence-electron chi connectivity index (χ3n) is 3.52. The topological polar surface area (TPSA) is 45.0 Å². The summed E-state index contributed by atoms with van der Waals surface area (Å²) < 4.78 is 5.16. The lowest BCUT2D eigenvalue weighted by molar-refractivity contribution is -0.0690. The van der Waals surface area contributed by atoms with E-state index in [9.17, 15) is 5.26 Å². The summed E-state index contributed by atoms with van der Waals surface area (Å²) in [4.78, 5) is 0. The number of aryl methyl sites for hydroxylation is 1. The lowest BCUT2D eigenvalue weighted by Gasteiger charge is -2.35. The Morgan fingerprint density at radius 2 is 2.17 bits per heavy atom. The van der Waals surface area contributed by atoms with Gasteiger partial charge in [-0.25, -0.2) is 0 Å². The Labute approximate surface area is 109 Å². The van der Waals surface area contributed by atoms with Crippen molar-refractivity contribution in [2.45, 2.75) is 26.7 Å². The Morgan fingerprint density at radius 3 is 2.67 bits per heavy atom. The number of para-hydroxylation sites is 1. The van der Waals surface area contributed by atoms with Crippen molar-refractivity contribution in [3.8, 4) is 6.07 Å². The molecular weight excluding hydrogens is 224 g/mol. The van der Waals surface area contributed by atoms with Crippen molar-refractivity contribution < 1.29 is 4.74 Å². The van der Waals surface area contributed by atoms with Crippen molar-refractivity contribution in [2.75, 3.05) is 25.1 Å². The van der Waals surface area contributed by atoms with Crippen LogP contribution >= 0.6 is 0 Å². The average molecular weight is 244 g/mol. The van der Waals surface area contributed by atoms with Gasteiger partial charge in [-0.2, -0.15) is 5.26 Å². The molecule has 18 heavy (non-hydrogen) atoms. The largest absolute Gasteiger partial charge is 0.383 e. The quantitative estimate of drug-likeness (QED) is 0.885. The normalized spacial score (nSPS) is 17.1. The standard InChI is InChI=1S/C15H20N2O/c1-11(2)13-6-4-5-12(3)14(13)17-8-15(7-16)9-18-10-15/h4-6,11,17H,8-10H2,1-3H3. The zero-order valence-corrected chi connectivity index (χ0v) is 11.3. The smallest absolute Gasteiger partial charge is 0.121 e. The Balaban J connectivity index is 2.16. The molecule has 1 fully saturated rings. The molecule has 0 bridgehead atoms. The van der Waals surface area contributed by atoms with Crippen LogP contribution < -0.4 is 5.32 Å². The van der Waals surface area contributed by atoms with E-state index < -0.39 is 0 Å². The summed E-state index contributed by atoms with van der Waals surface area (Å²) in [5.41, 5.74) is 3.38. The van der Waals surface area contributed by atoms with E-state index in [0.717, 1.165) is 0 Å². The zero-order valence-electron chi connectivity index (χ0n) is 11.3. The number of ether oxygens (including phenoxy) is 1. The van der Waals surface area contributed by atoms with Crippen LogP contribution in [0.25, 0.3) is 0 Å². The van der Waals surface area contributed by atoms with Crippen molar-refractivity contribution >= 4 is 5.69 Å². The first-order chi connectivity index (χ1) is 8.58. The molecule has 1 aliphatic rings. The molecule has 1 aromatic carbocycles. The molecule has 0 amide bonds. The molecule has 96 valence electrons. The van der Waals surface area contributed by atoms with Crippen LogP contribution in [0, 0.1) is 23.7 Å². The SMILES string of the molecule is Cc1cccc(C(C)C)c1NCC1(C#N)COC1. The van der Waals surface area contributed by atoms with Crippen LogP contribution in [0.1, 0.15) is 30.9 Å². The average Bonchev–Trinajstić information content (AvgIpc) is 2.29. The molecule has 0 atom stereocenters. The molecule has 0 radical (unpaired) electrons. The fourth-order valence-electron chi connectivity index (χ4n) is 2.23. The molecule has 3 heteroatoms. The van der Waals surface area contributed by atoms with Gasteiger partial charge in [-0.3, -0.25) is 0 Å². The van der Waals surface area contributed by atoms with E-state index in [0.29, 0.717) is 25.7 Å². The van der Waals surface area contributed by atoms with E-state index in [2.05, 4.69) is 50.4 Å². The number of hydrogen-bond donors (Lipinski definition) is 1. The minimum Gasteiger partial charge on any atom is -0.383 e. The second-order valence-corrected chi connectivity index (χ2v) is 5.43. The Bertz CT molecular complexity index is 470. The molecule has 3 nitrogen and oxygen atoms in total. The summed E-state index contributed by atoms with van der Waals surface area (Å²) in [5, 5.41) is 12.6. The molecule has 0 unspecified atom stereocenters. The zero-order chi connectivity index (χ0) is 13.2. The maximum Gasteiger partial charge on any atom is 0.121 e. The van der Waals surface area contributed by atoms with Crippen molar-refractivity contribution in [3.63, 3.8) is 0 Å². The third-order valence-corrected chi connectivity index (χ3v) is 3.52. The van der Waals surface area contributed by atoms with Gasteiger partial charge in [0.25, 0.3) is 0 Å². The van der Waals surface area contributed by atoms with Gasteiger partial charge < -0.3 is 10.1 Å². The first kappa shape index (κ1) is 12.9. The van der Waals surface area contributed by atoms with Crippen molar-refractivity contribution in [1.82, 2.24) is 0 Å². The summed E-state index contributed by atoms with van der Waals surface area (Å²) in [6, 6.07) is 8.70. The van der Waals surface area contributed by atoms with Gasteiger partial charge in [0, 0.05) is 12.2 Å². The van der Waals surface area contributed by atoms with Crippen LogP contribution in [0.5, 0.6) is 0 Å². The minimum atomic E-state index is -0.337. The first-order valence-electron chi connectivity index (χ1n) is 6.40. The lowest BCUT2D eigenvalue weighted by Crippen LogP contribution is -2.46. The molecule has 1 N–H and O–H groups in total. The van der Waals surface area contributed by atoms with Crippen LogP contribution in [0.2, 0.25) is 0 Å². The number of anilines is 1. The van der Waals surface area contributed by atoms with Gasteiger partial charge in [0.1, 0.15) is 5.41 Å². The van der Waals surface area contributed by atoms with Gasteiger partial charge in [0.2, 0.25) is 0 Å². The Hall–Kier alpha value is -1.53. The fourth-order valence-corrected chi connectivity index (χ4v) is 2.23. The van der Waals surface area contributed by atoms with Crippen molar-refractivity contribution in [3.05, 3.63) is 29.3 Å². The monoisotopic (exact) mass is 244 g/mol. The third kappa shape index (κ3) is 2.34. The van der Waals surface area contributed by atoms with E-state index in [1.165, 1.54) is 16.8 Å². The van der Waals surface area contributed by atoms with Gasteiger partial charge in [-0.05, 0) is 24.0 Å². The molecule has 0 spiro atoms. The molecule has 0 aromatic heterocycles. The van der Waals surface area contributed by atoms with Crippen LogP contribution in [0.3, 0.4) is 0 Å². The Morgan fingerprint density at radius 1 is 1.44 bits per heavy atom. The highest BCUT2D eigenvalue weighted by Gasteiger charge is 2.38. The summed E-state index contributed by atoms with van der Waals surface area (Å²) in [6.07, 6.45) is 0. The molecule has 0 saturated carbocycles. The predicted octanol–water partition coefficient (Wildman–Crippen LogP) is 3.07. The molecule has 2 rings (SSSR count). The van der Waals surface area contributed by atoms with Crippen LogP contribution in [0.4, 0.5) is 5.69 Å². The fraction of sp³-hybridized carbons (Fsp3) is 0.533. The number of benzene rings is 1. The van der Waals surface area contributed by atoms with Crippen molar-refractivity contribution in [2.24, 2.45) is 5.41 Å². The maximum atomic E-state index is 9.19. The van der Waals surface area contributed by atoms with E-state index in [1.54, 1.807) is 0 Å². The van der Waals surface area contributed by atoms with Crippen LogP contribution in [-0.2, 0) is 4.74 Å². The van der Waals surface area contributed by atoms with E-state index in [4.69, 9.17) is 4.74 Å². The maximum absolute atomic E-state index is 9.19. The summed E-state index contributed by atoms with van der Waals surface area (Å²) >= 11 is 0. The number of hydrogen-bond acceptors (Lipinski definition) is 3. The van der Waals surface area contributed by atoms with Gasteiger partial charge in [0.15, 0.2) is 0 Å². The second kappa shape index (κ2) is 4.99. The molecule has 1 aromatic rings. The Kier molecular flexibility index (Phi) is 3.58. The molecule has 1 saturated heterocycles.